The highest BCUT2D eigenvalue weighted by molar-refractivity contribution is 7.09. The molecule has 0 radical (unpaired) electrons. The van der Waals surface area contributed by atoms with Crippen molar-refractivity contribution in [3.63, 3.8) is 0 Å². The first-order valence-corrected chi connectivity index (χ1v) is 8.46. The van der Waals surface area contributed by atoms with E-state index in [1.807, 2.05) is 12.3 Å². The van der Waals surface area contributed by atoms with Crippen LogP contribution in [0.3, 0.4) is 0 Å². The number of nitrogens with one attached hydrogen (secondary N) is 1. The van der Waals surface area contributed by atoms with Gasteiger partial charge in [0.1, 0.15) is 10.7 Å². The number of pyridine rings is 1. The van der Waals surface area contributed by atoms with Crippen LogP contribution in [0.25, 0.3) is 0 Å². The Hall–Kier alpha value is -2.48. The number of amides is 1. The molecule has 0 aliphatic carbocycles. The van der Waals surface area contributed by atoms with E-state index in [4.69, 9.17) is 0 Å². The van der Waals surface area contributed by atoms with Crippen LogP contribution in [0.5, 0.6) is 0 Å². The van der Waals surface area contributed by atoms with Crippen LogP contribution in [-0.4, -0.2) is 38.4 Å². The first kappa shape index (κ1) is 16.4. The molecule has 126 valence electrons. The van der Waals surface area contributed by atoms with E-state index in [0.29, 0.717) is 6.54 Å². The highest BCUT2D eigenvalue weighted by Crippen LogP contribution is 2.34. The molecule has 2 aromatic rings. The molecule has 2 aromatic heterocycles. The van der Waals surface area contributed by atoms with E-state index in [2.05, 4.69) is 9.97 Å². The Balaban J connectivity index is 1.96. The third-order valence-electron chi connectivity index (χ3n) is 4.18. The summed E-state index contributed by atoms with van der Waals surface area (Å²) in [5.41, 5.74) is 0.295. The van der Waals surface area contributed by atoms with Crippen LogP contribution >= 0.6 is 11.3 Å². The van der Waals surface area contributed by atoms with Gasteiger partial charge in [-0.15, -0.1) is 11.3 Å². The molecule has 1 fully saturated rings. The second-order valence-corrected chi connectivity index (χ2v) is 6.73. The van der Waals surface area contributed by atoms with Crippen LogP contribution in [0.15, 0.2) is 16.2 Å². The summed E-state index contributed by atoms with van der Waals surface area (Å²) in [5, 5.41) is 12.0. The van der Waals surface area contributed by atoms with Crippen LogP contribution in [0.1, 0.15) is 56.0 Å². The predicted octanol–water partition coefficient (Wildman–Crippen LogP) is 2.12. The number of hydrogen-bond acceptors (Lipinski definition) is 5. The fourth-order valence-corrected chi connectivity index (χ4v) is 3.85. The van der Waals surface area contributed by atoms with Crippen LogP contribution in [0.2, 0.25) is 0 Å². The second-order valence-electron chi connectivity index (χ2n) is 5.84. The SMILES string of the molecule is Cc1csc([C@H]2CCCN2C(=O)c2cc(C(=O)O)c(C)c(=O)[nH]2)n1. The third-order valence-corrected chi connectivity index (χ3v) is 5.24. The summed E-state index contributed by atoms with van der Waals surface area (Å²) in [7, 11) is 0. The lowest BCUT2D eigenvalue weighted by atomic mass is 10.1. The van der Waals surface area contributed by atoms with E-state index in [-0.39, 0.29) is 28.8 Å². The predicted molar refractivity (Wildman–Crippen MR) is 88.6 cm³/mol. The first-order valence-electron chi connectivity index (χ1n) is 7.58. The molecule has 2 N–H and O–H groups in total. The fraction of sp³-hybridized carbons (Fsp3) is 0.375. The number of carbonyl (C=O) groups is 2. The Morgan fingerprint density at radius 2 is 2.17 bits per heavy atom. The van der Waals surface area contributed by atoms with Crippen molar-refractivity contribution in [2.75, 3.05) is 6.54 Å². The molecule has 1 atom stereocenters. The summed E-state index contributed by atoms with van der Waals surface area (Å²) in [6.45, 7) is 3.88. The Kier molecular flexibility index (Phi) is 4.23. The van der Waals surface area contributed by atoms with E-state index in [9.17, 15) is 19.5 Å². The number of thiazole rings is 1. The first-order chi connectivity index (χ1) is 11.4. The van der Waals surface area contributed by atoms with Crippen LogP contribution in [0, 0.1) is 13.8 Å². The van der Waals surface area contributed by atoms with Crippen molar-refractivity contribution >= 4 is 23.2 Å². The monoisotopic (exact) mass is 347 g/mol. The zero-order valence-electron chi connectivity index (χ0n) is 13.3. The van der Waals surface area contributed by atoms with E-state index in [1.165, 1.54) is 24.3 Å². The van der Waals surface area contributed by atoms with Crippen molar-refractivity contribution in [2.24, 2.45) is 0 Å². The minimum absolute atomic E-state index is 0.00294. The number of nitrogens with zero attached hydrogens (tertiary/aromatic N) is 2. The number of aromatic carboxylic acids is 1. The average molecular weight is 347 g/mol. The van der Waals surface area contributed by atoms with Gasteiger partial charge in [-0.2, -0.15) is 0 Å². The molecule has 0 spiro atoms. The molecule has 1 aliphatic rings. The number of aryl methyl sites for hydroxylation is 1. The Morgan fingerprint density at radius 1 is 1.42 bits per heavy atom. The number of aromatic nitrogens is 2. The standard InChI is InChI=1S/C16H17N3O4S/c1-8-7-24-14(17-8)12-4-3-5-19(12)15(21)11-6-10(16(22)23)9(2)13(20)18-11/h6-7,12H,3-5H2,1-2H3,(H,18,20)(H,22,23)/t12-/m1/s1. The molecule has 0 aromatic carbocycles. The molecule has 0 unspecified atom stereocenters. The van der Waals surface area contributed by atoms with Gasteiger partial charge in [0.05, 0.1) is 11.6 Å². The van der Waals surface area contributed by atoms with Crippen molar-refractivity contribution in [3.8, 4) is 0 Å². The Bertz CT molecular complexity index is 870. The molecule has 0 bridgehead atoms. The summed E-state index contributed by atoms with van der Waals surface area (Å²) < 4.78 is 0. The molecule has 3 rings (SSSR count). The molecule has 7 nitrogen and oxygen atoms in total. The summed E-state index contributed by atoms with van der Waals surface area (Å²) in [5.74, 6) is -1.59. The van der Waals surface area contributed by atoms with Crippen molar-refractivity contribution in [1.82, 2.24) is 14.9 Å². The molecule has 1 aliphatic heterocycles. The van der Waals surface area contributed by atoms with Gasteiger partial charge in [0.2, 0.25) is 0 Å². The smallest absolute Gasteiger partial charge is 0.336 e. The van der Waals surface area contributed by atoms with Crippen molar-refractivity contribution in [2.45, 2.75) is 32.7 Å². The van der Waals surface area contributed by atoms with Crippen molar-refractivity contribution in [1.29, 1.82) is 0 Å². The highest BCUT2D eigenvalue weighted by atomic mass is 32.1. The Morgan fingerprint density at radius 3 is 2.79 bits per heavy atom. The van der Waals surface area contributed by atoms with Crippen molar-refractivity contribution in [3.05, 3.63) is 49.3 Å². The maximum absolute atomic E-state index is 12.8. The average Bonchev–Trinajstić information content (AvgIpc) is 3.17. The van der Waals surface area contributed by atoms with Gasteiger partial charge in [-0.25, -0.2) is 9.78 Å². The lowest BCUT2D eigenvalue weighted by molar-refractivity contribution is 0.0695. The molecule has 24 heavy (non-hydrogen) atoms. The van der Waals surface area contributed by atoms with Gasteiger partial charge in [-0.05, 0) is 32.8 Å². The van der Waals surface area contributed by atoms with E-state index in [1.54, 1.807) is 4.90 Å². The molecule has 8 heteroatoms. The molecule has 0 saturated carbocycles. The quantitative estimate of drug-likeness (QED) is 0.885. The normalized spacial score (nSPS) is 17.2. The number of aromatic amines is 1. The number of hydrogen-bond donors (Lipinski definition) is 2. The van der Waals surface area contributed by atoms with Gasteiger partial charge >= 0.3 is 5.97 Å². The zero-order valence-corrected chi connectivity index (χ0v) is 14.1. The lowest BCUT2D eigenvalue weighted by Crippen LogP contribution is -2.33. The Labute approximate surface area is 142 Å². The van der Waals surface area contributed by atoms with Gasteiger partial charge < -0.3 is 15.0 Å². The number of carbonyl (C=O) groups excluding carboxylic acids is 1. The number of rotatable bonds is 3. The number of likely N-dealkylation sites (tertiary alicyclic amines) is 1. The summed E-state index contributed by atoms with van der Waals surface area (Å²) in [4.78, 5) is 44.6. The van der Waals surface area contributed by atoms with Gasteiger partial charge in [-0.3, -0.25) is 9.59 Å². The van der Waals surface area contributed by atoms with Crippen LogP contribution in [-0.2, 0) is 0 Å². The highest BCUT2D eigenvalue weighted by Gasteiger charge is 2.33. The van der Waals surface area contributed by atoms with E-state index >= 15 is 0 Å². The summed E-state index contributed by atoms with van der Waals surface area (Å²) >= 11 is 1.51. The number of H-pyrrole nitrogens is 1. The van der Waals surface area contributed by atoms with Gasteiger partial charge in [0.15, 0.2) is 0 Å². The number of carboxylic acids is 1. The van der Waals surface area contributed by atoms with Crippen LogP contribution in [0.4, 0.5) is 0 Å². The second kappa shape index (κ2) is 6.20. The molecule has 1 saturated heterocycles. The van der Waals surface area contributed by atoms with Gasteiger partial charge in [0, 0.05) is 23.2 Å². The number of carboxylic acid groups (broad SMARTS) is 1. The zero-order chi connectivity index (χ0) is 17.4. The van der Waals surface area contributed by atoms with Gasteiger partial charge in [-0.1, -0.05) is 0 Å². The summed E-state index contributed by atoms with van der Waals surface area (Å²) in [6, 6.07) is 1.11. The molecular formula is C16H17N3O4S. The topological polar surface area (TPSA) is 103 Å². The third kappa shape index (κ3) is 2.84. The maximum atomic E-state index is 12.8. The largest absolute Gasteiger partial charge is 0.478 e. The minimum Gasteiger partial charge on any atom is -0.478 e. The van der Waals surface area contributed by atoms with Gasteiger partial charge in [0.25, 0.3) is 11.5 Å². The van der Waals surface area contributed by atoms with Crippen LogP contribution < -0.4 is 5.56 Å². The lowest BCUT2D eigenvalue weighted by Gasteiger charge is -2.23. The summed E-state index contributed by atoms with van der Waals surface area (Å²) in [6.07, 6.45) is 1.65. The molecule has 3 heterocycles. The molecular weight excluding hydrogens is 330 g/mol. The van der Waals surface area contributed by atoms with E-state index < -0.39 is 11.5 Å². The van der Waals surface area contributed by atoms with Crippen molar-refractivity contribution < 1.29 is 14.7 Å². The fourth-order valence-electron chi connectivity index (χ4n) is 2.91. The van der Waals surface area contributed by atoms with E-state index in [0.717, 1.165) is 23.5 Å². The maximum Gasteiger partial charge on any atom is 0.336 e. The molecule has 1 amide bonds. The minimum atomic E-state index is -1.22.